The molecule has 1 aromatic rings. The molecular formula is C14H18ClNO. The van der Waals surface area contributed by atoms with Gasteiger partial charge in [-0.15, -0.1) is 0 Å². The van der Waals surface area contributed by atoms with Gasteiger partial charge in [-0.2, -0.15) is 0 Å². The highest BCUT2D eigenvalue weighted by Crippen LogP contribution is 2.32. The van der Waals surface area contributed by atoms with Crippen molar-refractivity contribution in [2.24, 2.45) is 0 Å². The second kappa shape index (κ2) is 5.19. The van der Waals surface area contributed by atoms with E-state index >= 15 is 0 Å². The van der Waals surface area contributed by atoms with Gasteiger partial charge in [-0.05, 0) is 50.0 Å². The number of carbonyl (C=O) groups excluding carboxylic acids is 1. The number of Topliss-reactive ketones (excluding diaryl/α,β-unsaturated/α-hetero) is 1. The second-order valence-electron chi connectivity index (χ2n) is 4.98. The first-order valence-electron chi connectivity index (χ1n) is 6.02. The summed E-state index contributed by atoms with van der Waals surface area (Å²) < 4.78 is 0. The molecule has 1 heterocycles. The van der Waals surface area contributed by atoms with E-state index in [-0.39, 0.29) is 5.78 Å². The quantitative estimate of drug-likeness (QED) is 0.823. The maximum absolute atomic E-state index is 11.1. The second-order valence-corrected chi connectivity index (χ2v) is 5.39. The van der Waals surface area contributed by atoms with Gasteiger partial charge < -0.3 is 4.90 Å². The molecule has 1 fully saturated rings. The van der Waals surface area contributed by atoms with E-state index in [1.165, 1.54) is 12.0 Å². The van der Waals surface area contributed by atoms with Gasteiger partial charge in [0, 0.05) is 18.0 Å². The van der Waals surface area contributed by atoms with E-state index in [1.807, 2.05) is 12.1 Å². The fourth-order valence-electron chi connectivity index (χ4n) is 2.49. The molecule has 2 rings (SSSR count). The van der Waals surface area contributed by atoms with Crippen LogP contribution in [0.5, 0.6) is 0 Å². The Morgan fingerprint density at radius 3 is 2.82 bits per heavy atom. The van der Waals surface area contributed by atoms with Gasteiger partial charge in [0.15, 0.2) is 0 Å². The Labute approximate surface area is 108 Å². The van der Waals surface area contributed by atoms with Crippen molar-refractivity contribution >= 4 is 17.4 Å². The summed E-state index contributed by atoms with van der Waals surface area (Å²) in [5, 5.41) is 0.809. The molecule has 0 amide bonds. The van der Waals surface area contributed by atoms with Crippen LogP contribution in [0.3, 0.4) is 0 Å². The number of halogens is 1. The number of hydrogen-bond donors (Lipinski definition) is 0. The lowest BCUT2D eigenvalue weighted by Gasteiger charge is -2.13. The smallest absolute Gasteiger partial charge is 0.134 e. The highest BCUT2D eigenvalue weighted by Gasteiger charge is 2.22. The van der Waals surface area contributed by atoms with Crippen LogP contribution in [0.1, 0.15) is 30.4 Å². The Morgan fingerprint density at radius 1 is 1.53 bits per heavy atom. The van der Waals surface area contributed by atoms with Crippen LogP contribution in [0.4, 0.5) is 0 Å². The van der Waals surface area contributed by atoms with Gasteiger partial charge in [0.2, 0.25) is 0 Å². The number of ketones is 1. The van der Waals surface area contributed by atoms with Crippen LogP contribution in [0.25, 0.3) is 0 Å². The van der Waals surface area contributed by atoms with Crippen molar-refractivity contribution in [2.45, 2.75) is 25.7 Å². The molecule has 17 heavy (non-hydrogen) atoms. The summed E-state index contributed by atoms with van der Waals surface area (Å²) >= 11 is 6.31. The van der Waals surface area contributed by atoms with Crippen LogP contribution in [-0.2, 0) is 11.2 Å². The Hall–Kier alpha value is -0.860. The molecule has 1 saturated heterocycles. The van der Waals surface area contributed by atoms with Crippen molar-refractivity contribution in [2.75, 3.05) is 20.1 Å². The largest absolute Gasteiger partial charge is 0.306 e. The van der Waals surface area contributed by atoms with Crippen molar-refractivity contribution in [1.82, 2.24) is 4.90 Å². The van der Waals surface area contributed by atoms with Crippen molar-refractivity contribution in [3.05, 3.63) is 34.3 Å². The predicted molar refractivity (Wildman–Crippen MR) is 70.7 cm³/mol. The molecule has 2 nitrogen and oxygen atoms in total. The van der Waals surface area contributed by atoms with E-state index in [9.17, 15) is 4.79 Å². The van der Waals surface area contributed by atoms with Crippen LogP contribution in [0, 0.1) is 0 Å². The van der Waals surface area contributed by atoms with Crippen LogP contribution in [-0.4, -0.2) is 30.8 Å². The minimum absolute atomic E-state index is 0.175. The lowest BCUT2D eigenvalue weighted by atomic mass is 9.96. The Bertz CT molecular complexity index is 430. The summed E-state index contributed by atoms with van der Waals surface area (Å²) in [6.07, 6.45) is 1.65. The molecule has 1 aliphatic rings. The topological polar surface area (TPSA) is 20.3 Å². The Morgan fingerprint density at radius 2 is 2.29 bits per heavy atom. The van der Waals surface area contributed by atoms with Crippen LogP contribution in [0.2, 0.25) is 5.02 Å². The van der Waals surface area contributed by atoms with Gasteiger partial charge in [-0.3, -0.25) is 4.79 Å². The summed E-state index contributed by atoms with van der Waals surface area (Å²) in [5.74, 6) is 0.716. The molecule has 1 aliphatic heterocycles. The van der Waals surface area contributed by atoms with E-state index < -0.39 is 0 Å². The van der Waals surface area contributed by atoms with Crippen molar-refractivity contribution < 1.29 is 4.79 Å². The van der Waals surface area contributed by atoms with Crippen LogP contribution in [0.15, 0.2) is 18.2 Å². The molecule has 0 N–H and O–H groups in total. The van der Waals surface area contributed by atoms with E-state index in [0.717, 1.165) is 23.7 Å². The van der Waals surface area contributed by atoms with E-state index in [1.54, 1.807) is 6.92 Å². The molecule has 1 aromatic carbocycles. The van der Waals surface area contributed by atoms with Crippen molar-refractivity contribution in [3.8, 4) is 0 Å². The molecular weight excluding hydrogens is 234 g/mol. The lowest BCUT2D eigenvalue weighted by molar-refractivity contribution is -0.116. The average Bonchev–Trinajstić information content (AvgIpc) is 2.64. The monoisotopic (exact) mass is 251 g/mol. The highest BCUT2D eigenvalue weighted by molar-refractivity contribution is 6.31. The summed E-state index contributed by atoms with van der Waals surface area (Å²) in [4.78, 5) is 13.4. The first-order chi connectivity index (χ1) is 8.06. The van der Waals surface area contributed by atoms with Gasteiger partial charge in [0.05, 0.1) is 0 Å². The minimum atomic E-state index is 0.175. The number of benzene rings is 1. The number of carbonyl (C=O) groups is 1. The molecule has 0 saturated carbocycles. The first kappa shape index (κ1) is 12.6. The third-order valence-electron chi connectivity index (χ3n) is 3.35. The maximum Gasteiger partial charge on any atom is 0.134 e. The molecule has 3 heteroatoms. The lowest BCUT2D eigenvalue weighted by Crippen LogP contribution is -2.13. The summed E-state index contributed by atoms with van der Waals surface area (Å²) in [5.41, 5.74) is 2.24. The minimum Gasteiger partial charge on any atom is -0.306 e. The number of hydrogen-bond acceptors (Lipinski definition) is 2. The van der Waals surface area contributed by atoms with Gasteiger partial charge >= 0.3 is 0 Å². The zero-order chi connectivity index (χ0) is 12.4. The fraction of sp³-hybridized carbons (Fsp3) is 0.500. The van der Waals surface area contributed by atoms with Crippen molar-refractivity contribution in [3.63, 3.8) is 0 Å². The van der Waals surface area contributed by atoms with E-state index in [4.69, 9.17) is 11.6 Å². The third kappa shape index (κ3) is 3.08. The number of likely N-dealkylation sites (tertiary alicyclic amines) is 1. The highest BCUT2D eigenvalue weighted by atomic mass is 35.5. The Balaban J connectivity index is 2.17. The van der Waals surface area contributed by atoms with Crippen molar-refractivity contribution in [1.29, 1.82) is 0 Å². The number of likely N-dealkylation sites (N-methyl/N-ethyl adjacent to an activating group) is 1. The zero-order valence-electron chi connectivity index (χ0n) is 10.4. The molecule has 0 aromatic heterocycles. The molecule has 0 bridgehead atoms. The number of nitrogens with zero attached hydrogens (tertiary/aromatic N) is 1. The molecule has 1 unspecified atom stereocenters. The van der Waals surface area contributed by atoms with Crippen LogP contribution < -0.4 is 0 Å². The van der Waals surface area contributed by atoms with Gasteiger partial charge in [0.25, 0.3) is 0 Å². The molecule has 0 radical (unpaired) electrons. The molecule has 92 valence electrons. The van der Waals surface area contributed by atoms with E-state index in [2.05, 4.69) is 18.0 Å². The van der Waals surface area contributed by atoms with E-state index in [0.29, 0.717) is 12.3 Å². The maximum atomic E-state index is 11.1. The first-order valence-corrected chi connectivity index (χ1v) is 6.40. The summed E-state index contributed by atoms with van der Waals surface area (Å²) in [7, 11) is 2.14. The SMILES string of the molecule is CC(=O)Cc1ccc(C2CCN(C)C2)c(Cl)c1. The molecule has 0 spiro atoms. The Kier molecular flexibility index (Phi) is 3.85. The summed E-state index contributed by atoms with van der Waals surface area (Å²) in [6.45, 7) is 3.82. The summed E-state index contributed by atoms with van der Waals surface area (Å²) in [6, 6.07) is 6.06. The number of rotatable bonds is 3. The predicted octanol–water partition coefficient (Wildman–Crippen LogP) is 2.89. The normalized spacial score (nSPS) is 20.8. The van der Waals surface area contributed by atoms with Gasteiger partial charge in [-0.25, -0.2) is 0 Å². The van der Waals surface area contributed by atoms with Gasteiger partial charge in [0.1, 0.15) is 5.78 Å². The zero-order valence-corrected chi connectivity index (χ0v) is 11.1. The van der Waals surface area contributed by atoms with Gasteiger partial charge in [-0.1, -0.05) is 23.7 Å². The molecule has 0 aliphatic carbocycles. The third-order valence-corrected chi connectivity index (χ3v) is 3.68. The standard InChI is InChI=1S/C14H18ClNO/c1-10(17)7-11-3-4-13(14(15)8-11)12-5-6-16(2)9-12/h3-4,8,12H,5-7,9H2,1-2H3. The molecule has 1 atom stereocenters. The van der Waals surface area contributed by atoms with Crippen LogP contribution >= 0.6 is 11.6 Å². The average molecular weight is 252 g/mol. The fourth-order valence-corrected chi connectivity index (χ4v) is 2.85.